The van der Waals surface area contributed by atoms with Gasteiger partial charge in [0.15, 0.2) is 11.5 Å². The monoisotopic (exact) mass is 251 g/mol. The lowest BCUT2D eigenvalue weighted by molar-refractivity contribution is 0.0807. The van der Waals surface area contributed by atoms with Gasteiger partial charge in [-0.25, -0.2) is 0 Å². The summed E-state index contributed by atoms with van der Waals surface area (Å²) in [6.45, 7) is 7.76. The number of hydrogen-bond acceptors (Lipinski definition) is 4. The van der Waals surface area contributed by atoms with E-state index in [1.165, 1.54) is 5.56 Å². The van der Waals surface area contributed by atoms with Gasteiger partial charge in [0.05, 0.1) is 12.7 Å². The number of ether oxygens (including phenoxy) is 3. The zero-order valence-corrected chi connectivity index (χ0v) is 11.1. The van der Waals surface area contributed by atoms with Gasteiger partial charge in [0.1, 0.15) is 13.2 Å². The molecule has 0 amide bonds. The third kappa shape index (κ3) is 3.89. The van der Waals surface area contributed by atoms with Crippen LogP contribution < -0.4 is 14.8 Å². The lowest BCUT2D eigenvalue weighted by atomic mass is 10.2. The first-order valence-corrected chi connectivity index (χ1v) is 6.46. The van der Waals surface area contributed by atoms with Gasteiger partial charge in [0, 0.05) is 13.1 Å². The Kier molecular flexibility index (Phi) is 4.84. The van der Waals surface area contributed by atoms with Crippen LogP contribution in [0.4, 0.5) is 0 Å². The highest BCUT2D eigenvalue weighted by Crippen LogP contribution is 2.30. The van der Waals surface area contributed by atoms with Crippen molar-refractivity contribution in [3.8, 4) is 11.5 Å². The van der Waals surface area contributed by atoms with Crippen LogP contribution in [0.25, 0.3) is 0 Å². The van der Waals surface area contributed by atoms with E-state index >= 15 is 0 Å². The van der Waals surface area contributed by atoms with Crippen molar-refractivity contribution in [1.82, 2.24) is 5.32 Å². The Labute approximate surface area is 108 Å². The first kappa shape index (κ1) is 13.2. The van der Waals surface area contributed by atoms with Crippen LogP contribution in [0.5, 0.6) is 11.5 Å². The normalized spacial score (nSPS) is 13.9. The van der Waals surface area contributed by atoms with Crippen LogP contribution in [0.2, 0.25) is 0 Å². The molecule has 0 aromatic heterocycles. The number of hydrogen-bond donors (Lipinski definition) is 1. The molecule has 1 aromatic carbocycles. The molecular formula is C14H21NO3. The van der Waals surface area contributed by atoms with Gasteiger partial charge >= 0.3 is 0 Å². The fraction of sp³-hybridized carbons (Fsp3) is 0.571. The van der Waals surface area contributed by atoms with E-state index in [1.54, 1.807) is 0 Å². The summed E-state index contributed by atoms with van der Waals surface area (Å²) in [5, 5.41) is 3.34. The molecule has 0 radical (unpaired) electrons. The fourth-order valence-electron chi connectivity index (χ4n) is 1.80. The molecule has 2 rings (SSSR count). The van der Waals surface area contributed by atoms with Crippen LogP contribution in [0.1, 0.15) is 19.4 Å². The molecule has 4 heteroatoms. The molecular weight excluding hydrogens is 230 g/mol. The predicted octanol–water partition coefficient (Wildman–Crippen LogP) is 1.97. The molecule has 0 saturated heterocycles. The number of rotatable bonds is 6. The molecule has 0 spiro atoms. The summed E-state index contributed by atoms with van der Waals surface area (Å²) in [5.74, 6) is 1.69. The van der Waals surface area contributed by atoms with E-state index in [2.05, 4.69) is 11.4 Å². The van der Waals surface area contributed by atoms with Crippen molar-refractivity contribution in [2.24, 2.45) is 0 Å². The lowest BCUT2D eigenvalue weighted by Gasteiger charge is -2.19. The average Bonchev–Trinajstić information content (AvgIpc) is 2.38. The zero-order valence-electron chi connectivity index (χ0n) is 11.1. The van der Waals surface area contributed by atoms with Gasteiger partial charge in [-0.1, -0.05) is 6.07 Å². The van der Waals surface area contributed by atoms with Crippen molar-refractivity contribution < 1.29 is 14.2 Å². The number of benzene rings is 1. The van der Waals surface area contributed by atoms with Gasteiger partial charge in [-0.15, -0.1) is 0 Å². The number of fused-ring (bicyclic) bond motifs is 1. The minimum atomic E-state index is 0.293. The highest BCUT2D eigenvalue weighted by atomic mass is 16.6. The van der Waals surface area contributed by atoms with Crippen molar-refractivity contribution in [3.05, 3.63) is 23.8 Å². The van der Waals surface area contributed by atoms with Crippen LogP contribution in [-0.2, 0) is 11.3 Å². The highest BCUT2D eigenvalue weighted by molar-refractivity contribution is 5.43. The summed E-state index contributed by atoms with van der Waals surface area (Å²) in [5.41, 5.74) is 1.20. The molecule has 1 aliphatic rings. The zero-order chi connectivity index (χ0) is 12.8. The Balaban J connectivity index is 1.76. The maximum Gasteiger partial charge on any atom is 0.161 e. The van der Waals surface area contributed by atoms with Crippen molar-refractivity contribution in [1.29, 1.82) is 0 Å². The molecule has 1 heterocycles. The van der Waals surface area contributed by atoms with Gasteiger partial charge in [0.25, 0.3) is 0 Å². The topological polar surface area (TPSA) is 39.7 Å². The van der Waals surface area contributed by atoms with E-state index in [0.29, 0.717) is 19.3 Å². The molecule has 1 aromatic rings. The molecule has 1 aliphatic heterocycles. The summed E-state index contributed by atoms with van der Waals surface area (Å²) in [6.07, 6.45) is 0.293. The Morgan fingerprint density at radius 1 is 1.22 bits per heavy atom. The van der Waals surface area contributed by atoms with Crippen molar-refractivity contribution in [3.63, 3.8) is 0 Å². The highest BCUT2D eigenvalue weighted by Gasteiger charge is 2.11. The van der Waals surface area contributed by atoms with Crippen LogP contribution in [0, 0.1) is 0 Å². The molecule has 0 saturated carbocycles. The minimum Gasteiger partial charge on any atom is -0.486 e. The molecule has 0 fully saturated rings. The second kappa shape index (κ2) is 6.61. The van der Waals surface area contributed by atoms with Gasteiger partial charge in [0.2, 0.25) is 0 Å². The summed E-state index contributed by atoms with van der Waals surface area (Å²) >= 11 is 0. The molecule has 1 N–H and O–H groups in total. The Hall–Kier alpha value is -1.26. The van der Waals surface area contributed by atoms with E-state index in [9.17, 15) is 0 Å². The van der Waals surface area contributed by atoms with E-state index in [4.69, 9.17) is 14.2 Å². The van der Waals surface area contributed by atoms with Crippen molar-refractivity contribution in [2.75, 3.05) is 26.4 Å². The standard InChI is InChI=1S/C14H21NO3/c1-11(2)16-6-5-15-10-12-3-4-13-14(9-12)18-8-7-17-13/h3-4,9,11,15H,5-8,10H2,1-2H3. The van der Waals surface area contributed by atoms with Gasteiger partial charge in [-0.3, -0.25) is 0 Å². The van der Waals surface area contributed by atoms with E-state index in [1.807, 2.05) is 26.0 Å². The maximum absolute atomic E-state index is 5.55. The summed E-state index contributed by atoms with van der Waals surface area (Å²) in [7, 11) is 0. The van der Waals surface area contributed by atoms with Crippen molar-refractivity contribution >= 4 is 0 Å². The second-order valence-electron chi connectivity index (χ2n) is 4.57. The Bertz CT molecular complexity index is 379. The molecule has 0 atom stereocenters. The smallest absolute Gasteiger partial charge is 0.161 e. The summed E-state index contributed by atoms with van der Waals surface area (Å²) in [6, 6.07) is 6.06. The van der Waals surface area contributed by atoms with Crippen LogP contribution >= 0.6 is 0 Å². The minimum absolute atomic E-state index is 0.293. The van der Waals surface area contributed by atoms with Gasteiger partial charge < -0.3 is 19.5 Å². The largest absolute Gasteiger partial charge is 0.486 e. The molecule has 4 nitrogen and oxygen atoms in total. The first-order chi connectivity index (χ1) is 8.75. The van der Waals surface area contributed by atoms with Gasteiger partial charge in [-0.2, -0.15) is 0 Å². The van der Waals surface area contributed by atoms with Crippen molar-refractivity contribution in [2.45, 2.75) is 26.5 Å². The molecule has 0 bridgehead atoms. The fourth-order valence-corrected chi connectivity index (χ4v) is 1.80. The second-order valence-corrected chi connectivity index (χ2v) is 4.57. The third-order valence-corrected chi connectivity index (χ3v) is 2.67. The molecule has 0 unspecified atom stereocenters. The third-order valence-electron chi connectivity index (χ3n) is 2.67. The van der Waals surface area contributed by atoms with Crippen LogP contribution in [0.15, 0.2) is 18.2 Å². The SMILES string of the molecule is CC(C)OCCNCc1ccc2c(c1)OCCO2. The average molecular weight is 251 g/mol. The predicted molar refractivity (Wildman–Crippen MR) is 70.2 cm³/mol. The number of nitrogens with one attached hydrogen (secondary N) is 1. The van der Waals surface area contributed by atoms with E-state index < -0.39 is 0 Å². The van der Waals surface area contributed by atoms with Gasteiger partial charge in [-0.05, 0) is 31.5 Å². The lowest BCUT2D eigenvalue weighted by Crippen LogP contribution is -2.21. The Morgan fingerprint density at radius 2 is 2.00 bits per heavy atom. The van der Waals surface area contributed by atoms with Crippen LogP contribution in [0.3, 0.4) is 0 Å². The quantitative estimate of drug-likeness (QED) is 0.785. The van der Waals surface area contributed by atoms with Crippen LogP contribution in [-0.4, -0.2) is 32.5 Å². The maximum atomic E-state index is 5.55. The van der Waals surface area contributed by atoms with E-state index in [0.717, 1.165) is 31.2 Å². The molecule has 18 heavy (non-hydrogen) atoms. The summed E-state index contributed by atoms with van der Waals surface area (Å²) < 4.78 is 16.5. The molecule has 0 aliphatic carbocycles. The Morgan fingerprint density at radius 3 is 2.78 bits per heavy atom. The molecule has 100 valence electrons. The first-order valence-electron chi connectivity index (χ1n) is 6.46. The van der Waals surface area contributed by atoms with E-state index in [-0.39, 0.29) is 0 Å². The summed E-state index contributed by atoms with van der Waals surface area (Å²) in [4.78, 5) is 0.